The van der Waals surface area contributed by atoms with E-state index in [0.717, 1.165) is 11.6 Å². The Balaban J connectivity index is 2.18. The van der Waals surface area contributed by atoms with Gasteiger partial charge in [-0.25, -0.2) is 9.48 Å². The third kappa shape index (κ3) is 2.80. The van der Waals surface area contributed by atoms with Crippen molar-refractivity contribution < 1.29 is 14.6 Å². The van der Waals surface area contributed by atoms with E-state index in [1.165, 1.54) is 4.68 Å². The van der Waals surface area contributed by atoms with Gasteiger partial charge in [-0.3, -0.25) is 4.79 Å². The minimum atomic E-state index is -0.647. The monoisotopic (exact) mass is 313 g/mol. The van der Waals surface area contributed by atoms with Gasteiger partial charge < -0.3 is 14.8 Å². The van der Waals surface area contributed by atoms with Gasteiger partial charge in [0.25, 0.3) is 5.56 Å². The highest BCUT2D eigenvalue weighted by Gasteiger charge is 2.22. The maximum Gasteiger partial charge on any atom is 0.359 e. The first-order chi connectivity index (χ1) is 11.1. The largest absolute Gasteiger partial charge is 0.507 e. The molecular weight excluding hydrogens is 298 g/mol. The molecule has 2 N–H and O–H groups in total. The Hall–Kier alpha value is -3.09. The van der Waals surface area contributed by atoms with Crippen LogP contribution < -0.4 is 5.56 Å². The molecule has 0 aliphatic heterocycles. The SMILES string of the molecule is CCOC(=O)c1nn(Cc2ccccc2)c2[nH]c(=O)cc(O)c12. The molecule has 0 atom stereocenters. The second-order valence-corrected chi connectivity index (χ2v) is 4.95. The van der Waals surface area contributed by atoms with Gasteiger partial charge in [-0.1, -0.05) is 30.3 Å². The second kappa shape index (κ2) is 5.96. The molecule has 2 aromatic heterocycles. The fraction of sp³-hybridized carbons (Fsp3) is 0.188. The zero-order chi connectivity index (χ0) is 16.4. The van der Waals surface area contributed by atoms with Crippen molar-refractivity contribution >= 4 is 17.0 Å². The van der Waals surface area contributed by atoms with Crippen LogP contribution in [0.2, 0.25) is 0 Å². The number of aromatic amines is 1. The summed E-state index contributed by atoms with van der Waals surface area (Å²) < 4.78 is 6.44. The molecule has 0 unspecified atom stereocenters. The van der Waals surface area contributed by atoms with Crippen molar-refractivity contribution in [2.24, 2.45) is 0 Å². The summed E-state index contributed by atoms with van der Waals surface area (Å²) in [5.74, 6) is -0.947. The lowest BCUT2D eigenvalue weighted by Gasteiger charge is -2.03. The van der Waals surface area contributed by atoms with Gasteiger partial charge in [0.15, 0.2) is 5.69 Å². The van der Waals surface area contributed by atoms with Gasteiger partial charge in [0.1, 0.15) is 11.4 Å². The van der Waals surface area contributed by atoms with E-state index in [1.54, 1.807) is 6.92 Å². The molecule has 0 amide bonds. The molecule has 118 valence electrons. The number of carbonyl (C=O) groups is 1. The van der Waals surface area contributed by atoms with Crippen LogP contribution in [0.25, 0.3) is 11.0 Å². The first-order valence-electron chi connectivity index (χ1n) is 7.14. The van der Waals surface area contributed by atoms with Crippen LogP contribution in [0.1, 0.15) is 23.0 Å². The number of aromatic hydroxyl groups is 1. The molecule has 0 bridgehead atoms. The van der Waals surface area contributed by atoms with Crippen molar-refractivity contribution in [3.05, 3.63) is 58.0 Å². The number of carbonyl (C=O) groups excluding carboxylic acids is 1. The normalized spacial score (nSPS) is 10.8. The molecule has 2 heterocycles. The molecule has 0 spiro atoms. The fourth-order valence-corrected chi connectivity index (χ4v) is 2.39. The van der Waals surface area contributed by atoms with E-state index in [9.17, 15) is 14.7 Å². The number of benzene rings is 1. The summed E-state index contributed by atoms with van der Waals surface area (Å²) in [7, 11) is 0. The number of fused-ring (bicyclic) bond motifs is 1. The van der Waals surface area contributed by atoms with Gasteiger partial charge in [0.2, 0.25) is 0 Å². The van der Waals surface area contributed by atoms with Crippen LogP contribution in [0, 0.1) is 0 Å². The van der Waals surface area contributed by atoms with Gasteiger partial charge in [-0.2, -0.15) is 5.10 Å². The standard InChI is InChI=1S/C16H15N3O4/c1-2-23-16(22)14-13-11(20)8-12(21)17-15(13)19(18-14)9-10-6-4-3-5-7-10/h3-8H,2,9H2,1H3,(H2,17,20,21). The maximum atomic E-state index is 12.1. The Morgan fingerprint density at radius 3 is 2.78 bits per heavy atom. The summed E-state index contributed by atoms with van der Waals surface area (Å²) >= 11 is 0. The number of aromatic nitrogens is 3. The average Bonchev–Trinajstić information content (AvgIpc) is 2.87. The lowest BCUT2D eigenvalue weighted by Crippen LogP contribution is -2.09. The van der Waals surface area contributed by atoms with Crippen molar-refractivity contribution in [1.29, 1.82) is 0 Å². The molecule has 0 radical (unpaired) electrons. The number of hydrogen-bond acceptors (Lipinski definition) is 5. The lowest BCUT2D eigenvalue weighted by atomic mass is 10.2. The number of nitrogens with zero attached hydrogens (tertiary/aromatic N) is 2. The highest BCUT2D eigenvalue weighted by Crippen LogP contribution is 2.26. The van der Waals surface area contributed by atoms with Gasteiger partial charge in [0.05, 0.1) is 18.5 Å². The Morgan fingerprint density at radius 2 is 2.09 bits per heavy atom. The van der Waals surface area contributed by atoms with Crippen LogP contribution in [-0.2, 0) is 11.3 Å². The van der Waals surface area contributed by atoms with E-state index in [-0.39, 0.29) is 29.1 Å². The highest BCUT2D eigenvalue weighted by molar-refractivity contribution is 6.03. The summed E-state index contributed by atoms with van der Waals surface area (Å²) in [6.07, 6.45) is 0. The van der Waals surface area contributed by atoms with Crippen LogP contribution in [0.3, 0.4) is 0 Å². The third-order valence-electron chi connectivity index (χ3n) is 3.36. The first kappa shape index (κ1) is 14.8. The van der Waals surface area contributed by atoms with Crippen LogP contribution in [-0.4, -0.2) is 32.4 Å². The number of esters is 1. The number of H-pyrrole nitrogens is 1. The smallest absolute Gasteiger partial charge is 0.359 e. The first-order valence-corrected chi connectivity index (χ1v) is 7.14. The fourth-order valence-electron chi connectivity index (χ4n) is 2.39. The number of pyridine rings is 1. The van der Waals surface area contributed by atoms with E-state index in [1.807, 2.05) is 30.3 Å². The molecule has 0 saturated carbocycles. The van der Waals surface area contributed by atoms with E-state index < -0.39 is 11.5 Å². The molecular formula is C16H15N3O4. The number of ether oxygens (including phenoxy) is 1. The quantitative estimate of drug-likeness (QED) is 0.714. The van der Waals surface area contributed by atoms with Gasteiger partial charge in [-0.05, 0) is 12.5 Å². The lowest BCUT2D eigenvalue weighted by molar-refractivity contribution is 0.0520. The summed E-state index contributed by atoms with van der Waals surface area (Å²) in [5, 5.41) is 14.4. The van der Waals surface area contributed by atoms with Crippen LogP contribution in [0.5, 0.6) is 5.75 Å². The van der Waals surface area contributed by atoms with Crippen molar-refractivity contribution in [2.75, 3.05) is 6.61 Å². The Morgan fingerprint density at radius 1 is 1.35 bits per heavy atom. The summed E-state index contributed by atoms with van der Waals surface area (Å²) in [5.41, 5.74) is 0.726. The minimum absolute atomic E-state index is 0.0217. The van der Waals surface area contributed by atoms with Crippen LogP contribution in [0.15, 0.2) is 41.2 Å². The summed E-state index contributed by atoms with van der Waals surface area (Å²) in [6.45, 7) is 2.22. The Labute approximate surface area is 131 Å². The Kier molecular flexibility index (Phi) is 3.84. The highest BCUT2D eigenvalue weighted by atomic mass is 16.5. The zero-order valence-corrected chi connectivity index (χ0v) is 12.4. The third-order valence-corrected chi connectivity index (χ3v) is 3.36. The molecule has 0 saturated heterocycles. The predicted molar refractivity (Wildman–Crippen MR) is 83.5 cm³/mol. The molecule has 0 aliphatic rings. The minimum Gasteiger partial charge on any atom is -0.507 e. The molecule has 0 aliphatic carbocycles. The molecule has 23 heavy (non-hydrogen) atoms. The topological polar surface area (TPSA) is 97.2 Å². The Bertz CT molecular complexity index is 912. The van der Waals surface area contributed by atoms with E-state index in [0.29, 0.717) is 6.54 Å². The molecule has 3 aromatic rings. The number of nitrogens with one attached hydrogen (secondary N) is 1. The maximum absolute atomic E-state index is 12.1. The van der Waals surface area contributed by atoms with Gasteiger partial charge in [0, 0.05) is 6.07 Å². The van der Waals surface area contributed by atoms with E-state index in [2.05, 4.69) is 10.1 Å². The van der Waals surface area contributed by atoms with Crippen molar-refractivity contribution in [2.45, 2.75) is 13.5 Å². The van der Waals surface area contributed by atoms with Crippen molar-refractivity contribution in [1.82, 2.24) is 14.8 Å². The zero-order valence-electron chi connectivity index (χ0n) is 12.4. The molecule has 7 heteroatoms. The summed E-state index contributed by atoms with van der Waals surface area (Å²) in [6, 6.07) is 10.5. The van der Waals surface area contributed by atoms with E-state index in [4.69, 9.17) is 4.74 Å². The van der Waals surface area contributed by atoms with Crippen LogP contribution >= 0.6 is 0 Å². The van der Waals surface area contributed by atoms with E-state index >= 15 is 0 Å². The number of hydrogen-bond donors (Lipinski definition) is 2. The second-order valence-electron chi connectivity index (χ2n) is 4.95. The van der Waals surface area contributed by atoms with Crippen LogP contribution in [0.4, 0.5) is 0 Å². The molecule has 7 nitrogen and oxygen atoms in total. The molecule has 0 fully saturated rings. The molecule has 1 aromatic carbocycles. The van der Waals surface area contributed by atoms with Gasteiger partial charge >= 0.3 is 5.97 Å². The molecule has 3 rings (SSSR count). The predicted octanol–water partition coefficient (Wildman–Crippen LogP) is 1.66. The average molecular weight is 313 g/mol. The summed E-state index contributed by atoms with van der Waals surface area (Å²) in [4.78, 5) is 26.3. The van der Waals surface area contributed by atoms with Crippen molar-refractivity contribution in [3.63, 3.8) is 0 Å². The van der Waals surface area contributed by atoms with Crippen molar-refractivity contribution in [3.8, 4) is 5.75 Å². The number of rotatable bonds is 4. The van der Waals surface area contributed by atoms with Gasteiger partial charge in [-0.15, -0.1) is 0 Å².